The minimum atomic E-state index is -0.216. The van der Waals surface area contributed by atoms with Crippen molar-refractivity contribution in [3.63, 3.8) is 0 Å². The number of aromatic amines is 1. The summed E-state index contributed by atoms with van der Waals surface area (Å²) < 4.78 is 7.32. The number of nitrogens with zero attached hydrogens (tertiary/aromatic N) is 6. The summed E-state index contributed by atoms with van der Waals surface area (Å²) in [5.74, 6) is 8.23. The van der Waals surface area contributed by atoms with Crippen molar-refractivity contribution in [2.75, 3.05) is 24.7 Å². The molecule has 8 nitrogen and oxygen atoms in total. The molecule has 2 fully saturated rings. The number of anilines is 1. The maximum absolute atomic E-state index is 9.44. The Balaban J connectivity index is 1.64. The third-order valence-electron chi connectivity index (χ3n) is 5.50. The number of hydrogen-bond acceptors (Lipinski definition) is 6. The Morgan fingerprint density at radius 3 is 3.00 bits per heavy atom. The summed E-state index contributed by atoms with van der Waals surface area (Å²) in [5, 5.41) is 21.8. The summed E-state index contributed by atoms with van der Waals surface area (Å²) in [6.07, 6.45) is 5.64. The van der Waals surface area contributed by atoms with E-state index in [1.54, 1.807) is 17.1 Å². The lowest BCUT2D eigenvalue weighted by Gasteiger charge is -2.34. The van der Waals surface area contributed by atoms with Crippen molar-refractivity contribution >= 4 is 16.9 Å². The van der Waals surface area contributed by atoms with Crippen LogP contribution in [-0.4, -0.2) is 50.8 Å². The molecule has 4 heterocycles. The van der Waals surface area contributed by atoms with Crippen molar-refractivity contribution in [1.82, 2.24) is 25.0 Å². The summed E-state index contributed by atoms with van der Waals surface area (Å²) in [5.41, 5.74) is 1.56. The van der Waals surface area contributed by atoms with E-state index < -0.39 is 0 Å². The van der Waals surface area contributed by atoms with Crippen molar-refractivity contribution in [1.29, 1.82) is 5.26 Å². The molecule has 0 bridgehead atoms. The van der Waals surface area contributed by atoms with Crippen LogP contribution in [0.5, 0.6) is 0 Å². The molecule has 0 amide bonds. The van der Waals surface area contributed by atoms with Gasteiger partial charge in [0.15, 0.2) is 11.5 Å². The van der Waals surface area contributed by atoms with E-state index in [1.165, 1.54) is 0 Å². The molecule has 1 aliphatic carbocycles. The van der Waals surface area contributed by atoms with E-state index >= 15 is 0 Å². The second-order valence-corrected chi connectivity index (χ2v) is 7.59. The van der Waals surface area contributed by atoms with Gasteiger partial charge in [0.2, 0.25) is 0 Å². The highest BCUT2D eigenvalue weighted by Gasteiger charge is 2.30. The third kappa shape index (κ3) is 3.32. The summed E-state index contributed by atoms with van der Waals surface area (Å²) >= 11 is 0. The highest BCUT2D eigenvalue weighted by Crippen LogP contribution is 2.36. The van der Waals surface area contributed by atoms with Gasteiger partial charge in [-0.2, -0.15) is 20.1 Å². The Labute approximate surface area is 168 Å². The Bertz CT molecular complexity index is 1130. The Kier molecular flexibility index (Phi) is 4.42. The first kappa shape index (κ1) is 17.7. The molecule has 1 aliphatic heterocycles. The van der Waals surface area contributed by atoms with E-state index in [4.69, 9.17) is 9.72 Å². The molecule has 0 aromatic carbocycles. The SMILES string of the molecule is C[C@@H]1COCCN1c1cc(C#CC(C#N)C2CC2)c2cnn(-c3ccn[nH]3)c2n1. The van der Waals surface area contributed by atoms with Gasteiger partial charge in [-0.25, -0.2) is 4.98 Å². The van der Waals surface area contributed by atoms with Crippen molar-refractivity contribution in [3.05, 3.63) is 30.1 Å². The first-order valence-corrected chi connectivity index (χ1v) is 9.88. The Morgan fingerprint density at radius 2 is 2.28 bits per heavy atom. The molecule has 2 aliphatic rings. The number of ether oxygens (including phenoxy) is 1. The molecule has 1 N–H and O–H groups in total. The molecule has 3 aromatic heterocycles. The maximum atomic E-state index is 9.44. The zero-order valence-corrected chi connectivity index (χ0v) is 16.2. The first-order chi connectivity index (χ1) is 14.2. The van der Waals surface area contributed by atoms with Gasteiger partial charge in [0.25, 0.3) is 0 Å². The molecule has 0 spiro atoms. The fourth-order valence-corrected chi connectivity index (χ4v) is 3.69. The van der Waals surface area contributed by atoms with Crippen molar-refractivity contribution in [2.45, 2.75) is 25.8 Å². The second-order valence-electron chi connectivity index (χ2n) is 7.59. The highest BCUT2D eigenvalue weighted by molar-refractivity contribution is 5.85. The Morgan fingerprint density at radius 1 is 1.38 bits per heavy atom. The van der Waals surface area contributed by atoms with E-state index in [-0.39, 0.29) is 12.0 Å². The summed E-state index contributed by atoms with van der Waals surface area (Å²) in [6, 6.07) is 6.42. The molecule has 1 saturated heterocycles. The first-order valence-electron chi connectivity index (χ1n) is 9.88. The van der Waals surface area contributed by atoms with Crippen LogP contribution in [0.15, 0.2) is 24.5 Å². The molecule has 1 unspecified atom stereocenters. The lowest BCUT2D eigenvalue weighted by atomic mass is 10.1. The van der Waals surface area contributed by atoms with Gasteiger partial charge in [-0.15, -0.1) is 0 Å². The van der Waals surface area contributed by atoms with Gasteiger partial charge in [0.05, 0.1) is 43.1 Å². The number of fused-ring (bicyclic) bond motifs is 1. The van der Waals surface area contributed by atoms with Crippen LogP contribution >= 0.6 is 0 Å². The third-order valence-corrected chi connectivity index (χ3v) is 5.50. The van der Waals surface area contributed by atoms with Crippen LogP contribution in [0.25, 0.3) is 16.9 Å². The van der Waals surface area contributed by atoms with Crippen LogP contribution in [0.2, 0.25) is 0 Å². The zero-order chi connectivity index (χ0) is 19.8. The van der Waals surface area contributed by atoms with Gasteiger partial charge < -0.3 is 9.64 Å². The molecule has 1 saturated carbocycles. The normalized spacial score (nSPS) is 20.1. The molecule has 146 valence electrons. The Hall–Kier alpha value is -3.36. The number of nitriles is 1. The maximum Gasteiger partial charge on any atom is 0.168 e. The number of aromatic nitrogens is 5. The molecule has 0 radical (unpaired) electrons. The van der Waals surface area contributed by atoms with E-state index in [1.807, 2.05) is 12.1 Å². The lowest BCUT2D eigenvalue weighted by Crippen LogP contribution is -2.44. The molecule has 29 heavy (non-hydrogen) atoms. The van der Waals surface area contributed by atoms with Crippen LogP contribution in [-0.2, 0) is 4.74 Å². The fourth-order valence-electron chi connectivity index (χ4n) is 3.69. The van der Waals surface area contributed by atoms with E-state index in [9.17, 15) is 5.26 Å². The standard InChI is InChI=1S/C21H21N7O/c1-14-13-29-9-8-27(14)20-10-16(4-5-17(11-22)15-2-3-15)18-12-24-28(21(18)25-20)19-6-7-23-26-19/h6-7,10,12,14-15,17H,2-3,8-9,13H2,1H3,(H,23,26)/t14-,17?/m1/s1. The summed E-state index contributed by atoms with van der Waals surface area (Å²) in [4.78, 5) is 7.15. The number of rotatable bonds is 3. The predicted molar refractivity (Wildman–Crippen MR) is 107 cm³/mol. The lowest BCUT2D eigenvalue weighted by molar-refractivity contribution is 0.0985. The van der Waals surface area contributed by atoms with Crippen molar-refractivity contribution < 1.29 is 4.74 Å². The van der Waals surface area contributed by atoms with Gasteiger partial charge in [-0.3, -0.25) is 5.10 Å². The number of H-pyrrole nitrogens is 1. The number of morpholine rings is 1. The largest absolute Gasteiger partial charge is 0.377 e. The van der Waals surface area contributed by atoms with Gasteiger partial charge in [-0.1, -0.05) is 11.8 Å². The minimum Gasteiger partial charge on any atom is -0.377 e. The van der Waals surface area contributed by atoms with Crippen LogP contribution in [0.1, 0.15) is 25.3 Å². The molecule has 3 aromatic rings. The second kappa shape index (κ2) is 7.23. The van der Waals surface area contributed by atoms with Crippen LogP contribution < -0.4 is 4.90 Å². The molecule has 2 atom stereocenters. The van der Waals surface area contributed by atoms with Gasteiger partial charge in [0, 0.05) is 18.2 Å². The van der Waals surface area contributed by atoms with E-state index in [0.717, 1.165) is 47.6 Å². The predicted octanol–water partition coefficient (Wildman–Crippen LogP) is 2.27. The van der Waals surface area contributed by atoms with Crippen LogP contribution in [0.3, 0.4) is 0 Å². The van der Waals surface area contributed by atoms with E-state index in [2.05, 4.69) is 45.0 Å². The fraction of sp³-hybridized carbons (Fsp3) is 0.429. The van der Waals surface area contributed by atoms with Gasteiger partial charge in [0.1, 0.15) is 11.7 Å². The monoisotopic (exact) mass is 387 g/mol. The van der Waals surface area contributed by atoms with Crippen molar-refractivity contribution in [2.24, 2.45) is 11.8 Å². The summed E-state index contributed by atoms with van der Waals surface area (Å²) in [7, 11) is 0. The van der Waals surface area contributed by atoms with Crippen LogP contribution in [0.4, 0.5) is 5.82 Å². The van der Waals surface area contributed by atoms with Crippen molar-refractivity contribution in [3.8, 4) is 23.7 Å². The average Bonchev–Trinajstić information content (AvgIpc) is 3.25. The number of hydrogen-bond donors (Lipinski definition) is 1. The quantitative estimate of drug-likeness (QED) is 0.693. The number of nitrogens with one attached hydrogen (secondary N) is 1. The molecular formula is C21H21N7O. The molecule has 5 rings (SSSR count). The minimum absolute atomic E-state index is 0.216. The van der Waals surface area contributed by atoms with Gasteiger partial charge in [-0.05, 0) is 31.7 Å². The molecular weight excluding hydrogens is 366 g/mol. The molecule has 8 heteroatoms. The smallest absolute Gasteiger partial charge is 0.168 e. The number of pyridine rings is 1. The van der Waals surface area contributed by atoms with Gasteiger partial charge >= 0.3 is 0 Å². The average molecular weight is 387 g/mol. The topological polar surface area (TPSA) is 95.6 Å². The highest BCUT2D eigenvalue weighted by atomic mass is 16.5. The van der Waals surface area contributed by atoms with Crippen LogP contribution in [0, 0.1) is 35.0 Å². The van der Waals surface area contributed by atoms with E-state index in [0.29, 0.717) is 19.1 Å². The zero-order valence-electron chi connectivity index (χ0n) is 16.2. The summed E-state index contributed by atoms with van der Waals surface area (Å²) in [6.45, 7) is 4.23.